The first-order chi connectivity index (χ1) is 10.6. The highest BCUT2D eigenvalue weighted by molar-refractivity contribution is 6.17. The summed E-state index contributed by atoms with van der Waals surface area (Å²) in [5.41, 5.74) is 0.979. The summed E-state index contributed by atoms with van der Waals surface area (Å²) in [7, 11) is 1.62. The van der Waals surface area contributed by atoms with E-state index in [2.05, 4.69) is 19.2 Å². The highest BCUT2D eigenvalue weighted by Gasteiger charge is 2.07. The van der Waals surface area contributed by atoms with E-state index in [1.165, 1.54) is 0 Å². The Morgan fingerprint density at radius 1 is 1.32 bits per heavy atom. The molecule has 0 spiro atoms. The van der Waals surface area contributed by atoms with Gasteiger partial charge in [0.25, 0.3) is 0 Å². The molecular weight excluding hydrogens is 302 g/mol. The van der Waals surface area contributed by atoms with Crippen LogP contribution in [0.5, 0.6) is 11.5 Å². The fourth-order valence-electron chi connectivity index (χ4n) is 1.86. The van der Waals surface area contributed by atoms with Crippen molar-refractivity contribution in [2.24, 2.45) is 5.92 Å². The van der Waals surface area contributed by atoms with Crippen molar-refractivity contribution >= 4 is 17.5 Å². The summed E-state index contributed by atoms with van der Waals surface area (Å²) in [6.07, 6.45) is 2.15. The second-order valence-electron chi connectivity index (χ2n) is 5.59. The molecule has 0 aliphatic carbocycles. The zero-order valence-electron chi connectivity index (χ0n) is 13.7. The van der Waals surface area contributed by atoms with Gasteiger partial charge < -0.3 is 14.8 Å². The molecule has 1 aromatic rings. The Morgan fingerprint density at radius 3 is 2.73 bits per heavy atom. The summed E-state index contributed by atoms with van der Waals surface area (Å²) in [6, 6.07) is 5.72. The molecule has 0 atom stereocenters. The third-order valence-corrected chi connectivity index (χ3v) is 3.48. The van der Waals surface area contributed by atoms with Crippen LogP contribution in [0.3, 0.4) is 0 Å². The molecule has 1 amide bonds. The van der Waals surface area contributed by atoms with Gasteiger partial charge in [-0.3, -0.25) is 4.79 Å². The molecule has 0 saturated carbocycles. The summed E-state index contributed by atoms with van der Waals surface area (Å²) in [5.74, 6) is 2.55. The number of carbonyl (C=O) groups excluding carboxylic acids is 1. The van der Waals surface area contributed by atoms with E-state index in [4.69, 9.17) is 21.1 Å². The van der Waals surface area contributed by atoms with E-state index >= 15 is 0 Å². The second-order valence-corrected chi connectivity index (χ2v) is 5.96. The lowest BCUT2D eigenvalue weighted by atomic mass is 10.1. The molecule has 22 heavy (non-hydrogen) atoms. The number of methoxy groups -OCH3 is 1. The van der Waals surface area contributed by atoms with E-state index in [9.17, 15) is 4.79 Å². The number of ether oxygens (including phenoxy) is 2. The zero-order valence-corrected chi connectivity index (χ0v) is 14.4. The molecule has 0 aliphatic heterocycles. The number of nitrogens with one attached hydrogen (secondary N) is 1. The van der Waals surface area contributed by atoms with Crippen LogP contribution in [0, 0.1) is 5.92 Å². The number of hydrogen-bond donors (Lipinski definition) is 1. The average Bonchev–Trinajstić information content (AvgIpc) is 2.51. The molecular formula is C17H26ClNO3. The summed E-state index contributed by atoms with van der Waals surface area (Å²) in [4.78, 5) is 11.6. The van der Waals surface area contributed by atoms with Gasteiger partial charge in [0.15, 0.2) is 11.5 Å². The minimum absolute atomic E-state index is 0.0110. The van der Waals surface area contributed by atoms with Gasteiger partial charge in [-0.1, -0.05) is 19.9 Å². The lowest BCUT2D eigenvalue weighted by Gasteiger charge is -2.13. The van der Waals surface area contributed by atoms with Crippen LogP contribution in [0.25, 0.3) is 0 Å². The van der Waals surface area contributed by atoms with Gasteiger partial charge in [0.1, 0.15) is 0 Å². The predicted octanol–water partition coefficient (Wildman–Crippen LogP) is 3.76. The van der Waals surface area contributed by atoms with Crippen molar-refractivity contribution < 1.29 is 14.3 Å². The Bertz CT molecular complexity index is 463. The van der Waals surface area contributed by atoms with Gasteiger partial charge in [0, 0.05) is 18.8 Å². The summed E-state index contributed by atoms with van der Waals surface area (Å²) >= 11 is 5.57. The molecule has 0 bridgehead atoms. The minimum Gasteiger partial charge on any atom is -0.493 e. The minimum atomic E-state index is 0.0110. The lowest BCUT2D eigenvalue weighted by molar-refractivity contribution is -0.121. The van der Waals surface area contributed by atoms with Crippen LogP contribution in [0.2, 0.25) is 0 Å². The van der Waals surface area contributed by atoms with E-state index in [0.717, 1.165) is 17.7 Å². The Balaban J connectivity index is 2.54. The van der Waals surface area contributed by atoms with E-state index < -0.39 is 0 Å². The zero-order chi connectivity index (χ0) is 16.4. The normalized spacial score (nSPS) is 10.6. The van der Waals surface area contributed by atoms with E-state index in [-0.39, 0.29) is 5.91 Å². The largest absolute Gasteiger partial charge is 0.493 e. The van der Waals surface area contributed by atoms with Crippen LogP contribution in [-0.4, -0.2) is 25.5 Å². The fraction of sp³-hybridized carbons (Fsp3) is 0.588. The molecule has 0 heterocycles. The van der Waals surface area contributed by atoms with Crippen molar-refractivity contribution in [3.8, 4) is 11.5 Å². The number of rotatable bonds is 10. The number of carbonyl (C=O) groups is 1. The van der Waals surface area contributed by atoms with E-state index in [0.29, 0.717) is 43.5 Å². The standard InChI is InChI=1S/C17H26ClNO3/c1-13(2)8-10-22-15-7-6-14(11-16(15)21-3)12-19-17(20)5-4-9-18/h6-7,11,13H,4-5,8-10,12H2,1-3H3,(H,19,20). The number of amides is 1. The van der Waals surface area contributed by atoms with Gasteiger partial charge in [-0.25, -0.2) is 0 Å². The van der Waals surface area contributed by atoms with Crippen molar-refractivity contribution in [1.29, 1.82) is 0 Å². The number of hydrogen-bond acceptors (Lipinski definition) is 3. The van der Waals surface area contributed by atoms with E-state index in [1.807, 2.05) is 18.2 Å². The first kappa shape index (κ1) is 18.6. The molecule has 124 valence electrons. The first-order valence-corrected chi connectivity index (χ1v) is 8.22. The van der Waals surface area contributed by atoms with Gasteiger partial charge in [0.2, 0.25) is 5.91 Å². The number of benzene rings is 1. The van der Waals surface area contributed by atoms with Crippen LogP contribution in [0.1, 0.15) is 38.7 Å². The van der Waals surface area contributed by atoms with Crippen molar-refractivity contribution in [1.82, 2.24) is 5.32 Å². The number of alkyl halides is 1. The van der Waals surface area contributed by atoms with Crippen LogP contribution < -0.4 is 14.8 Å². The van der Waals surface area contributed by atoms with Crippen LogP contribution in [0.15, 0.2) is 18.2 Å². The van der Waals surface area contributed by atoms with Gasteiger partial charge in [-0.2, -0.15) is 0 Å². The van der Waals surface area contributed by atoms with Crippen LogP contribution >= 0.6 is 11.6 Å². The van der Waals surface area contributed by atoms with Crippen molar-refractivity contribution in [2.45, 2.75) is 39.7 Å². The maximum absolute atomic E-state index is 11.6. The Kier molecular flexibility index (Phi) is 8.75. The lowest BCUT2D eigenvalue weighted by Crippen LogP contribution is -2.22. The highest BCUT2D eigenvalue weighted by atomic mass is 35.5. The molecule has 0 aliphatic rings. The fourth-order valence-corrected chi connectivity index (χ4v) is 2.00. The maximum atomic E-state index is 11.6. The monoisotopic (exact) mass is 327 g/mol. The third kappa shape index (κ3) is 7.03. The van der Waals surface area contributed by atoms with Crippen LogP contribution in [-0.2, 0) is 11.3 Å². The maximum Gasteiger partial charge on any atom is 0.220 e. The van der Waals surface area contributed by atoms with Gasteiger partial charge in [-0.05, 0) is 36.5 Å². The predicted molar refractivity (Wildman–Crippen MR) is 89.7 cm³/mol. The van der Waals surface area contributed by atoms with Crippen LogP contribution in [0.4, 0.5) is 0 Å². The Morgan fingerprint density at radius 2 is 2.09 bits per heavy atom. The summed E-state index contributed by atoms with van der Waals surface area (Å²) in [6.45, 7) is 5.47. The molecule has 0 aromatic heterocycles. The SMILES string of the molecule is COc1cc(CNC(=O)CCCCl)ccc1OCCC(C)C. The topological polar surface area (TPSA) is 47.6 Å². The van der Waals surface area contributed by atoms with Crippen molar-refractivity contribution in [3.63, 3.8) is 0 Å². The molecule has 4 nitrogen and oxygen atoms in total. The summed E-state index contributed by atoms with van der Waals surface area (Å²) < 4.78 is 11.1. The second kappa shape index (κ2) is 10.3. The molecule has 0 unspecified atom stereocenters. The Hall–Kier alpha value is -1.42. The van der Waals surface area contributed by atoms with Gasteiger partial charge >= 0.3 is 0 Å². The highest BCUT2D eigenvalue weighted by Crippen LogP contribution is 2.28. The number of halogens is 1. The van der Waals surface area contributed by atoms with Crippen molar-refractivity contribution in [3.05, 3.63) is 23.8 Å². The average molecular weight is 328 g/mol. The van der Waals surface area contributed by atoms with E-state index in [1.54, 1.807) is 7.11 Å². The molecule has 0 fully saturated rings. The van der Waals surface area contributed by atoms with Gasteiger partial charge in [0.05, 0.1) is 13.7 Å². The molecule has 1 aromatic carbocycles. The van der Waals surface area contributed by atoms with Gasteiger partial charge in [-0.15, -0.1) is 11.6 Å². The Labute approximate surface area is 138 Å². The molecule has 1 N–H and O–H groups in total. The molecule has 0 saturated heterocycles. The molecule has 0 radical (unpaired) electrons. The molecule has 1 rings (SSSR count). The summed E-state index contributed by atoms with van der Waals surface area (Å²) in [5, 5.41) is 2.87. The third-order valence-electron chi connectivity index (χ3n) is 3.21. The quantitative estimate of drug-likeness (QED) is 0.666. The van der Waals surface area contributed by atoms with Crippen molar-refractivity contribution in [2.75, 3.05) is 19.6 Å². The smallest absolute Gasteiger partial charge is 0.220 e. The first-order valence-electron chi connectivity index (χ1n) is 7.69. The molecule has 5 heteroatoms.